The van der Waals surface area contributed by atoms with Crippen molar-refractivity contribution in [3.8, 4) is 0 Å². The van der Waals surface area contributed by atoms with Crippen LogP contribution in [0.2, 0.25) is 15.1 Å². The molecule has 0 saturated carbocycles. The molecule has 0 aliphatic rings. The summed E-state index contributed by atoms with van der Waals surface area (Å²) in [6.07, 6.45) is 0. The van der Waals surface area contributed by atoms with Crippen LogP contribution >= 0.6 is 34.8 Å². The minimum Gasteiger partial charge on any atom is -0.381 e. The van der Waals surface area contributed by atoms with E-state index >= 15 is 0 Å². The normalized spacial score (nSPS) is 10.3. The van der Waals surface area contributed by atoms with Crippen LogP contribution in [0.15, 0.2) is 36.4 Å². The molecule has 0 bridgehead atoms. The van der Waals surface area contributed by atoms with Crippen LogP contribution in [-0.4, -0.2) is 13.0 Å². The van der Waals surface area contributed by atoms with E-state index in [0.29, 0.717) is 27.2 Å². The molecule has 0 aromatic heterocycles. The Bertz CT molecular complexity index is 674. The average molecular weight is 344 g/mol. The predicted molar refractivity (Wildman–Crippen MR) is 88.6 cm³/mol. The number of rotatable bonds is 4. The number of hydrogen-bond donors (Lipinski definition) is 2. The predicted octanol–water partition coefficient (Wildman–Crippen LogP) is 4.62. The zero-order valence-corrected chi connectivity index (χ0v) is 13.5. The van der Waals surface area contributed by atoms with E-state index in [4.69, 9.17) is 34.8 Å². The molecule has 6 heteroatoms. The minimum atomic E-state index is -0.232. The van der Waals surface area contributed by atoms with Gasteiger partial charge < -0.3 is 10.6 Å². The Morgan fingerprint density at radius 1 is 1.10 bits per heavy atom. The molecule has 0 radical (unpaired) electrons. The van der Waals surface area contributed by atoms with Gasteiger partial charge in [-0.2, -0.15) is 0 Å². The SMILES string of the molecule is CNC(=O)c1cc(NCc2cccc(Cl)c2Cl)ccc1Cl. The fourth-order valence-electron chi connectivity index (χ4n) is 1.83. The van der Waals surface area contributed by atoms with Crippen LogP contribution in [-0.2, 0) is 6.54 Å². The van der Waals surface area contributed by atoms with Gasteiger partial charge >= 0.3 is 0 Å². The molecule has 0 aliphatic heterocycles. The largest absolute Gasteiger partial charge is 0.381 e. The fraction of sp³-hybridized carbons (Fsp3) is 0.133. The van der Waals surface area contributed by atoms with E-state index < -0.39 is 0 Å². The number of nitrogens with one attached hydrogen (secondary N) is 2. The fourth-order valence-corrected chi connectivity index (χ4v) is 2.42. The number of anilines is 1. The first kappa shape index (κ1) is 16.0. The Hall–Kier alpha value is -1.42. The Balaban J connectivity index is 2.17. The highest BCUT2D eigenvalue weighted by Gasteiger charge is 2.10. The van der Waals surface area contributed by atoms with E-state index in [-0.39, 0.29) is 5.91 Å². The van der Waals surface area contributed by atoms with Crippen LogP contribution in [0.5, 0.6) is 0 Å². The molecule has 0 heterocycles. The van der Waals surface area contributed by atoms with Crippen molar-refractivity contribution in [1.29, 1.82) is 0 Å². The molecule has 2 aromatic carbocycles. The molecule has 0 unspecified atom stereocenters. The number of benzene rings is 2. The second-order valence-electron chi connectivity index (χ2n) is 4.34. The zero-order valence-electron chi connectivity index (χ0n) is 11.2. The lowest BCUT2D eigenvalue weighted by Crippen LogP contribution is -2.18. The van der Waals surface area contributed by atoms with E-state index in [9.17, 15) is 4.79 Å². The second kappa shape index (κ2) is 7.03. The molecule has 0 aliphatic carbocycles. The van der Waals surface area contributed by atoms with Crippen molar-refractivity contribution in [3.63, 3.8) is 0 Å². The summed E-state index contributed by atoms with van der Waals surface area (Å²) in [6.45, 7) is 0.494. The first-order chi connectivity index (χ1) is 10.0. The molecular weight excluding hydrogens is 331 g/mol. The quantitative estimate of drug-likeness (QED) is 0.850. The number of carbonyl (C=O) groups is 1. The van der Waals surface area contributed by atoms with Crippen LogP contribution in [0.25, 0.3) is 0 Å². The number of hydrogen-bond acceptors (Lipinski definition) is 2. The first-order valence-electron chi connectivity index (χ1n) is 6.21. The molecule has 2 N–H and O–H groups in total. The lowest BCUT2D eigenvalue weighted by Gasteiger charge is -2.11. The molecule has 2 aromatic rings. The van der Waals surface area contributed by atoms with Gasteiger partial charge in [-0.25, -0.2) is 0 Å². The van der Waals surface area contributed by atoms with Crippen LogP contribution in [0.3, 0.4) is 0 Å². The maximum absolute atomic E-state index is 11.7. The van der Waals surface area contributed by atoms with Gasteiger partial charge in [-0.15, -0.1) is 0 Å². The van der Waals surface area contributed by atoms with Crippen molar-refractivity contribution in [2.75, 3.05) is 12.4 Å². The van der Waals surface area contributed by atoms with E-state index in [1.54, 1.807) is 31.3 Å². The molecular formula is C15H13Cl3N2O. The lowest BCUT2D eigenvalue weighted by atomic mass is 10.1. The third-order valence-corrected chi connectivity index (χ3v) is 4.14. The summed E-state index contributed by atoms with van der Waals surface area (Å²) in [5, 5.41) is 7.18. The summed E-state index contributed by atoms with van der Waals surface area (Å²) >= 11 is 18.1. The molecule has 2 rings (SSSR count). The summed E-state index contributed by atoms with van der Waals surface area (Å²) in [4.78, 5) is 11.7. The zero-order chi connectivity index (χ0) is 15.4. The van der Waals surface area contributed by atoms with Crippen molar-refractivity contribution in [1.82, 2.24) is 5.32 Å². The van der Waals surface area contributed by atoms with Gasteiger partial charge in [0, 0.05) is 19.3 Å². The van der Waals surface area contributed by atoms with Gasteiger partial charge in [0.25, 0.3) is 5.91 Å². The van der Waals surface area contributed by atoms with Crippen LogP contribution < -0.4 is 10.6 Å². The van der Waals surface area contributed by atoms with Crippen LogP contribution in [0.1, 0.15) is 15.9 Å². The number of amides is 1. The van der Waals surface area contributed by atoms with Gasteiger partial charge in [0.15, 0.2) is 0 Å². The van der Waals surface area contributed by atoms with Gasteiger partial charge in [-0.1, -0.05) is 46.9 Å². The number of halogens is 3. The highest BCUT2D eigenvalue weighted by molar-refractivity contribution is 6.42. The van der Waals surface area contributed by atoms with Crippen molar-refractivity contribution in [3.05, 3.63) is 62.6 Å². The molecule has 110 valence electrons. The van der Waals surface area contributed by atoms with Crippen molar-refractivity contribution >= 4 is 46.4 Å². The van der Waals surface area contributed by atoms with Crippen molar-refractivity contribution in [2.24, 2.45) is 0 Å². The van der Waals surface area contributed by atoms with Crippen molar-refractivity contribution < 1.29 is 4.79 Å². The molecule has 3 nitrogen and oxygen atoms in total. The smallest absolute Gasteiger partial charge is 0.252 e. The maximum atomic E-state index is 11.7. The van der Waals surface area contributed by atoms with Crippen LogP contribution in [0, 0.1) is 0 Å². The molecule has 21 heavy (non-hydrogen) atoms. The maximum Gasteiger partial charge on any atom is 0.252 e. The van der Waals surface area contributed by atoms with E-state index in [1.807, 2.05) is 12.1 Å². The van der Waals surface area contributed by atoms with Gasteiger partial charge in [0.2, 0.25) is 0 Å². The van der Waals surface area contributed by atoms with Gasteiger partial charge in [0.05, 0.1) is 20.6 Å². The Labute approximate surface area is 138 Å². The van der Waals surface area contributed by atoms with E-state index in [1.165, 1.54) is 0 Å². The summed E-state index contributed by atoms with van der Waals surface area (Å²) in [5.74, 6) is -0.232. The Morgan fingerprint density at radius 2 is 1.86 bits per heavy atom. The van der Waals surface area contributed by atoms with Crippen LogP contribution in [0.4, 0.5) is 5.69 Å². The highest BCUT2D eigenvalue weighted by atomic mass is 35.5. The summed E-state index contributed by atoms with van der Waals surface area (Å²) in [7, 11) is 1.56. The molecule has 1 amide bonds. The highest BCUT2D eigenvalue weighted by Crippen LogP contribution is 2.27. The first-order valence-corrected chi connectivity index (χ1v) is 7.34. The minimum absolute atomic E-state index is 0.232. The topological polar surface area (TPSA) is 41.1 Å². The number of carbonyl (C=O) groups excluding carboxylic acids is 1. The standard InChI is InChI=1S/C15H13Cl3N2O/c1-19-15(21)11-7-10(5-6-12(11)16)20-8-9-3-2-4-13(17)14(9)18/h2-7,20H,8H2,1H3,(H,19,21). The molecule has 0 fully saturated rings. The Morgan fingerprint density at radius 3 is 2.57 bits per heavy atom. The third kappa shape index (κ3) is 3.82. The lowest BCUT2D eigenvalue weighted by molar-refractivity contribution is 0.0963. The second-order valence-corrected chi connectivity index (χ2v) is 5.53. The molecule has 0 saturated heterocycles. The monoisotopic (exact) mass is 342 g/mol. The summed E-state index contributed by atoms with van der Waals surface area (Å²) in [5.41, 5.74) is 2.07. The molecule has 0 atom stereocenters. The van der Waals surface area contributed by atoms with E-state index in [2.05, 4.69) is 10.6 Å². The molecule has 0 spiro atoms. The average Bonchev–Trinajstić information content (AvgIpc) is 2.49. The van der Waals surface area contributed by atoms with Crippen molar-refractivity contribution in [2.45, 2.75) is 6.54 Å². The van der Waals surface area contributed by atoms with E-state index in [0.717, 1.165) is 11.3 Å². The summed E-state index contributed by atoms with van der Waals surface area (Å²) < 4.78 is 0. The van der Waals surface area contributed by atoms with Gasteiger partial charge in [-0.05, 0) is 29.8 Å². The van der Waals surface area contributed by atoms with Gasteiger partial charge in [0.1, 0.15) is 0 Å². The third-order valence-electron chi connectivity index (χ3n) is 2.95. The Kier molecular flexibility index (Phi) is 5.34. The van der Waals surface area contributed by atoms with Gasteiger partial charge in [-0.3, -0.25) is 4.79 Å². The summed E-state index contributed by atoms with van der Waals surface area (Å²) in [6, 6.07) is 10.6.